The Hall–Kier alpha value is -1.56. The van der Waals surface area contributed by atoms with Gasteiger partial charge in [-0.2, -0.15) is 8.78 Å². The highest BCUT2D eigenvalue weighted by molar-refractivity contribution is 7.99. The third-order valence-electron chi connectivity index (χ3n) is 2.09. The molecule has 1 aromatic carbocycles. The molecule has 0 unspecified atom stereocenters. The van der Waals surface area contributed by atoms with Gasteiger partial charge in [-0.15, -0.1) is 0 Å². The zero-order valence-corrected chi connectivity index (χ0v) is 9.68. The normalized spacial score (nSPS) is 10.8. The number of halogens is 2. The van der Waals surface area contributed by atoms with E-state index in [2.05, 4.69) is 15.3 Å². The van der Waals surface area contributed by atoms with Crippen LogP contribution >= 0.6 is 11.8 Å². The zero-order chi connectivity index (χ0) is 12.1. The minimum Gasteiger partial charge on any atom is -0.378 e. The lowest BCUT2D eigenvalue weighted by Crippen LogP contribution is -2.00. The van der Waals surface area contributed by atoms with Gasteiger partial charge in [0.25, 0.3) is 5.76 Å². The molecule has 0 aliphatic carbocycles. The van der Waals surface area contributed by atoms with Gasteiger partial charge in [-0.05, 0) is 24.3 Å². The highest BCUT2D eigenvalue weighted by Crippen LogP contribution is 2.26. The predicted molar refractivity (Wildman–Crippen MR) is 64.2 cm³/mol. The lowest BCUT2D eigenvalue weighted by Gasteiger charge is -2.05. The highest BCUT2D eigenvalue weighted by Gasteiger charge is 2.04. The number of hydrogen-bond donors (Lipinski definition) is 2. The molecule has 1 heterocycles. The largest absolute Gasteiger partial charge is 0.378 e. The van der Waals surface area contributed by atoms with Gasteiger partial charge in [0.15, 0.2) is 0 Å². The van der Waals surface area contributed by atoms with Crippen molar-refractivity contribution in [1.82, 2.24) is 9.97 Å². The smallest absolute Gasteiger partial charge is 0.288 e. The minimum absolute atomic E-state index is 0.543. The number of rotatable bonds is 5. The molecule has 0 saturated carbocycles. The Morgan fingerprint density at radius 3 is 2.65 bits per heavy atom. The molecule has 17 heavy (non-hydrogen) atoms. The number of thioether (sulfide) groups is 1. The molecule has 90 valence electrons. The van der Waals surface area contributed by atoms with Crippen molar-refractivity contribution in [1.29, 1.82) is 0 Å². The second-order valence-electron chi connectivity index (χ2n) is 3.29. The zero-order valence-electron chi connectivity index (χ0n) is 8.86. The summed E-state index contributed by atoms with van der Waals surface area (Å²) in [6, 6.07) is 6.88. The van der Waals surface area contributed by atoms with Crippen LogP contribution in [0, 0.1) is 0 Å². The molecular weight excluding hydrogens is 244 g/mol. The average Bonchev–Trinajstić information content (AvgIpc) is 2.80. The van der Waals surface area contributed by atoms with Crippen LogP contribution < -0.4 is 5.32 Å². The van der Waals surface area contributed by atoms with Crippen molar-refractivity contribution in [2.45, 2.75) is 17.2 Å². The van der Waals surface area contributed by atoms with Crippen LogP contribution in [0.25, 0.3) is 0 Å². The summed E-state index contributed by atoms with van der Waals surface area (Å²) >= 11 is 0.543. The highest BCUT2D eigenvalue weighted by atomic mass is 32.2. The van der Waals surface area contributed by atoms with E-state index in [1.54, 1.807) is 36.7 Å². The number of H-pyrrole nitrogens is 1. The summed E-state index contributed by atoms with van der Waals surface area (Å²) in [7, 11) is 0. The van der Waals surface area contributed by atoms with Crippen molar-refractivity contribution in [3.8, 4) is 0 Å². The Morgan fingerprint density at radius 2 is 2.06 bits per heavy atom. The minimum atomic E-state index is -2.38. The predicted octanol–water partition coefficient (Wildman–Crippen LogP) is 3.34. The second-order valence-corrected chi connectivity index (χ2v) is 4.36. The number of anilines is 1. The number of alkyl halides is 2. The molecule has 0 spiro atoms. The quantitative estimate of drug-likeness (QED) is 0.805. The maximum Gasteiger partial charge on any atom is 0.288 e. The first-order chi connectivity index (χ1) is 8.24. The molecule has 0 aliphatic rings. The van der Waals surface area contributed by atoms with E-state index in [0.717, 1.165) is 11.5 Å². The number of aromatic nitrogens is 2. The second kappa shape index (κ2) is 5.67. The molecule has 1 aromatic heterocycles. The molecule has 2 rings (SSSR count). The number of aromatic amines is 1. The van der Waals surface area contributed by atoms with Crippen molar-refractivity contribution in [2.75, 3.05) is 5.32 Å². The summed E-state index contributed by atoms with van der Waals surface area (Å²) in [4.78, 5) is 7.59. The molecule has 0 saturated heterocycles. The Balaban J connectivity index is 1.89. The molecule has 0 fully saturated rings. The Labute approximate surface area is 102 Å². The van der Waals surface area contributed by atoms with Gasteiger partial charge in [-0.3, -0.25) is 0 Å². The van der Waals surface area contributed by atoms with E-state index < -0.39 is 5.76 Å². The Kier molecular flexibility index (Phi) is 3.98. The first kappa shape index (κ1) is 11.9. The summed E-state index contributed by atoms with van der Waals surface area (Å²) in [5, 5.41) is 3.14. The van der Waals surface area contributed by atoms with E-state index in [4.69, 9.17) is 0 Å². The van der Waals surface area contributed by atoms with Crippen LogP contribution in [0.5, 0.6) is 0 Å². The van der Waals surface area contributed by atoms with E-state index in [1.165, 1.54) is 0 Å². The van der Waals surface area contributed by atoms with Crippen LogP contribution in [-0.4, -0.2) is 15.7 Å². The Bertz CT molecular complexity index is 442. The van der Waals surface area contributed by atoms with Crippen molar-refractivity contribution in [3.63, 3.8) is 0 Å². The number of hydrogen-bond acceptors (Lipinski definition) is 3. The van der Waals surface area contributed by atoms with Crippen LogP contribution in [0.2, 0.25) is 0 Å². The van der Waals surface area contributed by atoms with Crippen molar-refractivity contribution < 1.29 is 8.78 Å². The van der Waals surface area contributed by atoms with Gasteiger partial charge in [0.05, 0.1) is 6.54 Å². The molecular formula is C11H11F2N3S. The molecule has 0 bridgehead atoms. The first-order valence-electron chi connectivity index (χ1n) is 5.01. The summed E-state index contributed by atoms with van der Waals surface area (Å²) in [5.74, 6) is -1.55. The summed E-state index contributed by atoms with van der Waals surface area (Å²) in [6.07, 6.45) is 3.43. The summed E-state index contributed by atoms with van der Waals surface area (Å²) in [5.41, 5.74) is 0.875. The maximum absolute atomic E-state index is 12.1. The third kappa shape index (κ3) is 3.74. The molecule has 3 nitrogen and oxygen atoms in total. The molecule has 2 N–H and O–H groups in total. The first-order valence-corrected chi connectivity index (χ1v) is 5.89. The van der Waals surface area contributed by atoms with Gasteiger partial charge in [0.2, 0.25) is 0 Å². The number of imidazole rings is 1. The lowest BCUT2D eigenvalue weighted by molar-refractivity contribution is 0.252. The third-order valence-corrected chi connectivity index (χ3v) is 2.82. The van der Waals surface area contributed by atoms with Gasteiger partial charge in [0.1, 0.15) is 5.82 Å². The fourth-order valence-electron chi connectivity index (χ4n) is 1.33. The topological polar surface area (TPSA) is 40.7 Å². The number of nitrogens with one attached hydrogen (secondary N) is 2. The summed E-state index contributed by atoms with van der Waals surface area (Å²) in [6.45, 7) is 0.578. The molecule has 6 heteroatoms. The van der Waals surface area contributed by atoms with Crippen LogP contribution in [0.3, 0.4) is 0 Å². The van der Waals surface area contributed by atoms with Gasteiger partial charge in [0, 0.05) is 23.0 Å². The molecule has 2 aromatic rings. The van der Waals surface area contributed by atoms with Gasteiger partial charge in [-0.1, -0.05) is 11.8 Å². The standard InChI is InChI=1S/C11H11F2N3S/c12-11(13)17-9-3-1-8(2-4-9)16-7-10-14-5-6-15-10/h1-6,11,16H,7H2,(H,14,15). The van der Waals surface area contributed by atoms with Gasteiger partial charge < -0.3 is 10.3 Å². The van der Waals surface area contributed by atoms with E-state index in [-0.39, 0.29) is 0 Å². The van der Waals surface area contributed by atoms with E-state index >= 15 is 0 Å². The SMILES string of the molecule is FC(F)Sc1ccc(NCc2ncc[nH]2)cc1. The van der Waals surface area contributed by atoms with Crippen molar-refractivity contribution >= 4 is 17.4 Å². The molecule has 0 atom stereocenters. The Morgan fingerprint density at radius 1 is 1.29 bits per heavy atom. The number of nitrogens with zero attached hydrogens (tertiary/aromatic N) is 1. The van der Waals surface area contributed by atoms with Crippen LogP contribution in [-0.2, 0) is 6.54 Å². The molecule has 0 radical (unpaired) electrons. The van der Waals surface area contributed by atoms with Crippen molar-refractivity contribution in [3.05, 3.63) is 42.5 Å². The van der Waals surface area contributed by atoms with E-state index in [0.29, 0.717) is 23.2 Å². The maximum atomic E-state index is 12.1. The van der Waals surface area contributed by atoms with Crippen LogP contribution in [0.15, 0.2) is 41.6 Å². The summed E-state index contributed by atoms with van der Waals surface area (Å²) < 4.78 is 24.2. The monoisotopic (exact) mass is 255 g/mol. The van der Waals surface area contributed by atoms with Crippen LogP contribution in [0.1, 0.15) is 5.82 Å². The van der Waals surface area contributed by atoms with Gasteiger partial charge >= 0.3 is 0 Å². The van der Waals surface area contributed by atoms with Crippen LogP contribution in [0.4, 0.5) is 14.5 Å². The lowest BCUT2D eigenvalue weighted by atomic mass is 10.3. The molecule has 0 aliphatic heterocycles. The van der Waals surface area contributed by atoms with Crippen molar-refractivity contribution in [2.24, 2.45) is 0 Å². The molecule has 0 amide bonds. The van der Waals surface area contributed by atoms with Gasteiger partial charge in [-0.25, -0.2) is 4.98 Å². The van der Waals surface area contributed by atoms with E-state index in [9.17, 15) is 8.78 Å². The van der Waals surface area contributed by atoms with E-state index in [1.807, 2.05) is 0 Å². The fourth-order valence-corrected chi connectivity index (χ4v) is 1.83. The fraction of sp³-hybridized carbons (Fsp3) is 0.182. The average molecular weight is 255 g/mol. The number of benzene rings is 1.